The maximum absolute atomic E-state index is 12.3. The van der Waals surface area contributed by atoms with Crippen molar-refractivity contribution >= 4 is 43.6 Å². The molecule has 0 aliphatic heterocycles. The fourth-order valence-corrected chi connectivity index (χ4v) is 3.87. The first-order valence-electron chi connectivity index (χ1n) is 5.91. The second-order valence-corrected chi connectivity index (χ2v) is 8.49. The fourth-order valence-electron chi connectivity index (χ4n) is 1.78. The van der Waals surface area contributed by atoms with Crippen molar-refractivity contribution in [3.63, 3.8) is 0 Å². The van der Waals surface area contributed by atoms with Crippen molar-refractivity contribution in [3.05, 3.63) is 22.3 Å². The van der Waals surface area contributed by atoms with Crippen LogP contribution in [0.4, 0.5) is 5.13 Å². The maximum atomic E-state index is 12.3. The number of Topliss-reactive ketones (excluding diaryl/α,β-unsaturated/α-hetero) is 1. The van der Waals surface area contributed by atoms with Crippen molar-refractivity contribution < 1.29 is 4.79 Å². The van der Waals surface area contributed by atoms with Gasteiger partial charge in [-0.2, -0.15) is 3.15 Å². The first-order chi connectivity index (χ1) is 8.97. The van der Waals surface area contributed by atoms with Crippen molar-refractivity contribution in [1.29, 1.82) is 0 Å². The normalized spacial score (nSPS) is 17.9. The van der Waals surface area contributed by atoms with Gasteiger partial charge in [-0.05, 0) is 26.9 Å². The lowest BCUT2D eigenvalue weighted by Crippen LogP contribution is -2.15. The molecule has 0 bridgehead atoms. The molecule has 0 atom stereocenters. The van der Waals surface area contributed by atoms with E-state index in [1.165, 1.54) is 11.3 Å². The number of fused-ring (bicyclic) bond motifs is 1. The average molecular weight is 392 g/mol. The van der Waals surface area contributed by atoms with Gasteiger partial charge >= 0.3 is 0 Å². The van der Waals surface area contributed by atoms with Crippen LogP contribution in [0.1, 0.15) is 21.8 Å². The molecule has 1 aliphatic rings. The summed E-state index contributed by atoms with van der Waals surface area (Å²) in [6.07, 6.45) is 3.53. The number of hydrogen-bond acceptors (Lipinski definition) is 5. The van der Waals surface area contributed by atoms with Crippen LogP contribution in [0.2, 0.25) is 0 Å². The number of halogens is 1. The lowest BCUT2D eigenvalue weighted by molar-refractivity contribution is 0.102. The highest BCUT2D eigenvalue weighted by Crippen LogP contribution is 2.34. The topological polar surface area (TPSA) is 48.8 Å². The number of carbonyl (C=O) groups excluding carboxylic acids is 1. The molecule has 1 aromatic heterocycles. The third kappa shape index (κ3) is 3.67. The molecule has 0 aromatic carbocycles. The highest BCUT2D eigenvalue weighted by Gasteiger charge is 2.26. The molecule has 1 aliphatic carbocycles. The van der Waals surface area contributed by atoms with Crippen molar-refractivity contribution in [1.82, 2.24) is 13.0 Å². The summed E-state index contributed by atoms with van der Waals surface area (Å²) in [4.78, 5) is 19.5. The van der Waals surface area contributed by atoms with E-state index in [9.17, 15) is 4.79 Å². The van der Waals surface area contributed by atoms with E-state index in [0.717, 1.165) is 34.1 Å². The minimum absolute atomic E-state index is 0.122. The highest BCUT2D eigenvalue weighted by atomic mass is 127. The number of nitrogens with zero attached hydrogens (tertiary/aromatic N) is 4. The number of hydrogen-bond donors (Lipinski definition) is 0. The smallest absolute Gasteiger partial charge is 0.216 e. The second-order valence-electron chi connectivity index (χ2n) is 4.66. The molecule has 0 radical (unpaired) electrons. The Bertz CT molecular complexity index is 548. The average Bonchev–Trinajstić information content (AvgIpc) is 2.74. The van der Waals surface area contributed by atoms with Gasteiger partial charge in [-0.3, -0.25) is 4.79 Å². The molecule has 5 nitrogen and oxygen atoms in total. The molecule has 104 valence electrons. The third-order valence-corrected chi connectivity index (χ3v) is 5.34. The van der Waals surface area contributed by atoms with Gasteiger partial charge < -0.3 is 4.90 Å². The summed E-state index contributed by atoms with van der Waals surface area (Å²) in [6, 6.07) is 0. The largest absolute Gasteiger partial charge is 0.383 e. The molecule has 0 fully saturated rings. The summed E-state index contributed by atoms with van der Waals surface area (Å²) in [5.41, 5.74) is 1.79. The quantitative estimate of drug-likeness (QED) is 0.451. The Morgan fingerprint density at radius 3 is 2.68 bits per heavy atom. The first kappa shape index (κ1) is 14.7. The van der Waals surface area contributed by atoms with Crippen LogP contribution in [0, 0.1) is 0 Å². The Labute approximate surface area is 127 Å². The van der Waals surface area contributed by atoms with Gasteiger partial charge in [0.1, 0.15) is 0 Å². The van der Waals surface area contributed by atoms with E-state index >= 15 is 0 Å². The van der Waals surface area contributed by atoms with Gasteiger partial charge in [0.25, 0.3) is 0 Å². The van der Waals surface area contributed by atoms with Crippen LogP contribution >= 0.6 is 32.6 Å². The van der Waals surface area contributed by atoms with E-state index in [1.54, 1.807) is 0 Å². The Hall–Kier alpha value is -0.670. The molecule has 0 unspecified atom stereocenters. The molecule has 1 aromatic rings. The van der Waals surface area contributed by atoms with Crippen LogP contribution in [0.5, 0.6) is 0 Å². The summed E-state index contributed by atoms with van der Waals surface area (Å²) in [5.74, 6) is 0.122. The Balaban J connectivity index is 2.27. The summed E-state index contributed by atoms with van der Waals surface area (Å²) >= 11 is 1.06. The van der Waals surface area contributed by atoms with Gasteiger partial charge in [-0.15, -0.1) is 0 Å². The standard InChI is InChI=1S/C12H17IN4OS/c1-16(2)7-8-5-6-9-11(10(8)18)19-12(14-9)15-13-17(3)4/h7H,5-6H2,1-4H3/b8-7-. The molecule has 7 heteroatoms. The van der Waals surface area contributed by atoms with Crippen molar-refractivity contribution in [3.8, 4) is 0 Å². The number of allylic oxidation sites excluding steroid dienone is 1. The fraction of sp³-hybridized carbons (Fsp3) is 0.500. The zero-order valence-electron chi connectivity index (χ0n) is 11.5. The number of aromatic nitrogens is 1. The molecule has 0 amide bonds. The van der Waals surface area contributed by atoms with Crippen LogP contribution in [-0.4, -0.2) is 47.0 Å². The monoisotopic (exact) mass is 392 g/mol. The zero-order chi connectivity index (χ0) is 14.0. The molecule has 0 N–H and O–H groups in total. The highest BCUT2D eigenvalue weighted by molar-refractivity contribution is 14.1. The number of aryl methyl sites for hydroxylation is 1. The van der Waals surface area contributed by atoms with Gasteiger partial charge in [0.05, 0.1) is 31.9 Å². The van der Waals surface area contributed by atoms with E-state index in [-0.39, 0.29) is 27.1 Å². The number of carbonyl (C=O) groups is 1. The van der Waals surface area contributed by atoms with E-state index in [0.29, 0.717) is 0 Å². The SMILES string of the molecule is CN(C)/C=C1/CCc2nc(N=IN(C)C)sc2C1=O. The predicted octanol–water partition coefficient (Wildman–Crippen LogP) is 2.98. The van der Waals surface area contributed by atoms with Crippen LogP contribution in [0.25, 0.3) is 0 Å². The first-order valence-corrected chi connectivity index (χ1v) is 8.66. The lowest BCUT2D eigenvalue weighted by atomic mass is 9.96. The molecule has 0 spiro atoms. The molecular weight excluding hydrogens is 375 g/mol. The molecule has 0 saturated heterocycles. The van der Waals surface area contributed by atoms with Gasteiger partial charge in [-0.1, -0.05) is 11.3 Å². The third-order valence-electron chi connectivity index (χ3n) is 2.49. The summed E-state index contributed by atoms with van der Waals surface area (Å²) in [7, 11) is 7.89. The van der Waals surface area contributed by atoms with Crippen LogP contribution in [-0.2, 0) is 6.42 Å². The van der Waals surface area contributed by atoms with Crippen molar-refractivity contribution in [2.75, 3.05) is 28.2 Å². The predicted molar refractivity (Wildman–Crippen MR) is 86.3 cm³/mol. The van der Waals surface area contributed by atoms with Gasteiger partial charge in [-0.25, -0.2) is 8.10 Å². The lowest BCUT2D eigenvalue weighted by Gasteiger charge is -2.14. The molecule has 2 rings (SSSR count). The Kier molecular flexibility index (Phi) is 4.80. The van der Waals surface area contributed by atoms with E-state index in [1.807, 2.05) is 39.3 Å². The summed E-state index contributed by atoms with van der Waals surface area (Å²) in [6.45, 7) is 0. The van der Waals surface area contributed by atoms with E-state index < -0.39 is 0 Å². The minimum Gasteiger partial charge on any atom is -0.383 e. The van der Waals surface area contributed by atoms with Gasteiger partial charge in [0.15, 0.2) is 0 Å². The minimum atomic E-state index is -0.371. The van der Waals surface area contributed by atoms with Gasteiger partial charge in [0, 0.05) is 25.9 Å². The molecule has 19 heavy (non-hydrogen) atoms. The molecule has 0 saturated carbocycles. The Morgan fingerprint density at radius 1 is 1.32 bits per heavy atom. The molecular formula is C12H17IN4OS. The van der Waals surface area contributed by atoms with Gasteiger partial charge in [0.2, 0.25) is 10.9 Å². The van der Waals surface area contributed by atoms with Crippen LogP contribution < -0.4 is 0 Å². The van der Waals surface area contributed by atoms with E-state index in [4.69, 9.17) is 0 Å². The van der Waals surface area contributed by atoms with Crippen LogP contribution in [0.15, 0.2) is 14.9 Å². The summed E-state index contributed by atoms with van der Waals surface area (Å²) in [5, 5.41) is 0.756. The van der Waals surface area contributed by atoms with Crippen LogP contribution in [0.3, 0.4) is 0 Å². The summed E-state index contributed by atoms with van der Waals surface area (Å²) < 4.78 is 6.57. The Morgan fingerprint density at radius 2 is 2.05 bits per heavy atom. The number of rotatable bonds is 3. The number of thiazole rings is 1. The zero-order valence-corrected chi connectivity index (χ0v) is 14.4. The second kappa shape index (κ2) is 6.19. The maximum Gasteiger partial charge on any atom is 0.216 e. The van der Waals surface area contributed by atoms with Crippen molar-refractivity contribution in [2.24, 2.45) is 3.15 Å². The molecule has 1 heterocycles. The number of ketones is 1. The van der Waals surface area contributed by atoms with E-state index in [2.05, 4.69) is 11.2 Å². The van der Waals surface area contributed by atoms with Crippen molar-refractivity contribution in [2.45, 2.75) is 12.8 Å².